The Bertz CT molecular complexity index is 308. The van der Waals surface area contributed by atoms with Crippen molar-refractivity contribution in [3.05, 3.63) is 23.8 Å². The third-order valence-corrected chi connectivity index (χ3v) is 2.51. The smallest absolute Gasteiger partial charge is 0.142 e. The van der Waals surface area contributed by atoms with Crippen LogP contribution in [0.25, 0.3) is 0 Å². The molecule has 13 heavy (non-hydrogen) atoms. The summed E-state index contributed by atoms with van der Waals surface area (Å²) in [5, 5.41) is 3.24. The molecule has 0 atom stereocenters. The second-order valence-electron chi connectivity index (χ2n) is 3.36. The Balaban J connectivity index is 2.26. The van der Waals surface area contributed by atoms with Gasteiger partial charge in [0.25, 0.3) is 0 Å². The fourth-order valence-corrected chi connectivity index (χ4v) is 1.51. The number of rotatable bonds is 2. The van der Waals surface area contributed by atoms with Gasteiger partial charge in [0.15, 0.2) is 0 Å². The van der Waals surface area contributed by atoms with E-state index < -0.39 is 0 Å². The first kappa shape index (κ1) is 8.38. The molecule has 0 bridgehead atoms. The minimum atomic E-state index is 0.634. The SMILES string of the molecule is COc1cc(C2CNC2)ccc1N. The maximum absolute atomic E-state index is 5.72. The molecular weight excluding hydrogens is 164 g/mol. The Morgan fingerprint density at radius 3 is 2.77 bits per heavy atom. The van der Waals surface area contributed by atoms with Gasteiger partial charge in [-0.25, -0.2) is 0 Å². The molecule has 0 aromatic heterocycles. The molecule has 0 saturated carbocycles. The maximum Gasteiger partial charge on any atom is 0.142 e. The lowest BCUT2D eigenvalue weighted by atomic mass is 9.93. The predicted octanol–water partition coefficient (Wildman–Crippen LogP) is 0.964. The number of ether oxygens (including phenoxy) is 1. The Hall–Kier alpha value is -1.22. The van der Waals surface area contributed by atoms with Gasteiger partial charge in [-0.15, -0.1) is 0 Å². The highest BCUT2D eigenvalue weighted by molar-refractivity contribution is 5.54. The molecule has 0 spiro atoms. The molecule has 1 aliphatic heterocycles. The number of methoxy groups -OCH3 is 1. The molecule has 1 fully saturated rings. The zero-order valence-electron chi connectivity index (χ0n) is 7.71. The highest BCUT2D eigenvalue weighted by atomic mass is 16.5. The molecule has 1 aromatic rings. The van der Waals surface area contributed by atoms with Crippen LogP contribution in [0.2, 0.25) is 0 Å². The monoisotopic (exact) mass is 178 g/mol. The van der Waals surface area contributed by atoms with Gasteiger partial charge < -0.3 is 15.8 Å². The van der Waals surface area contributed by atoms with Crippen molar-refractivity contribution < 1.29 is 4.74 Å². The molecule has 1 saturated heterocycles. The molecule has 1 aromatic carbocycles. The Labute approximate surface area is 77.9 Å². The fourth-order valence-electron chi connectivity index (χ4n) is 1.51. The summed E-state index contributed by atoms with van der Waals surface area (Å²) < 4.78 is 5.16. The van der Waals surface area contributed by atoms with Gasteiger partial charge in [-0.1, -0.05) is 6.07 Å². The van der Waals surface area contributed by atoms with E-state index in [1.54, 1.807) is 7.11 Å². The first-order valence-corrected chi connectivity index (χ1v) is 4.45. The van der Waals surface area contributed by atoms with Crippen LogP contribution in [0.1, 0.15) is 11.5 Å². The lowest BCUT2D eigenvalue weighted by Crippen LogP contribution is -2.39. The van der Waals surface area contributed by atoms with Crippen LogP contribution < -0.4 is 15.8 Å². The molecule has 0 amide bonds. The number of anilines is 1. The molecule has 3 N–H and O–H groups in total. The summed E-state index contributed by atoms with van der Waals surface area (Å²) in [6.07, 6.45) is 0. The van der Waals surface area contributed by atoms with E-state index in [1.807, 2.05) is 12.1 Å². The van der Waals surface area contributed by atoms with Crippen molar-refractivity contribution in [3.63, 3.8) is 0 Å². The van der Waals surface area contributed by atoms with Gasteiger partial charge in [-0.2, -0.15) is 0 Å². The Morgan fingerprint density at radius 1 is 1.46 bits per heavy atom. The van der Waals surface area contributed by atoms with E-state index in [4.69, 9.17) is 10.5 Å². The summed E-state index contributed by atoms with van der Waals surface area (Å²) in [6.45, 7) is 2.13. The number of benzene rings is 1. The number of nitrogens with one attached hydrogen (secondary N) is 1. The highest BCUT2D eigenvalue weighted by Crippen LogP contribution is 2.28. The van der Waals surface area contributed by atoms with Crippen LogP contribution in [-0.4, -0.2) is 20.2 Å². The lowest BCUT2D eigenvalue weighted by Gasteiger charge is -2.27. The van der Waals surface area contributed by atoms with Crippen LogP contribution in [0.4, 0.5) is 5.69 Å². The average molecular weight is 178 g/mol. The van der Waals surface area contributed by atoms with Gasteiger partial charge in [0.2, 0.25) is 0 Å². The van der Waals surface area contributed by atoms with Crippen molar-refractivity contribution in [2.45, 2.75) is 5.92 Å². The summed E-state index contributed by atoms with van der Waals surface area (Å²) in [5.41, 5.74) is 7.74. The zero-order chi connectivity index (χ0) is 9.26. The third-order valence-electron chi connectivity index (χ3n) is 2.51. The van der Waals surface area contributed by atoms with Gasteiger partial charge in [-0.05, 0) is 17.7 Å². The molecule has 70 valence electrons. The molecule has 1 aliphatic rings. The standard InChI is InChI=1S/C10H14N2O/c1-13-10-4-7(2-3-9(10)11)8-5-12-6-8/h2-4,8,12H,5-6,11H2,1H3. The van der Waals surface area contributed by atoms with Gasteiger partial charge in [-0.3, -0.25) is 0 Å². The predicted molar refractivity (Wildman–Crippen MR) is 53.0 cm³/mol. The molecule has 1 heterocycles. The van der Waals surface area contributed by atoms with E-state index in [2.05, 4.69) is 11.4 Å². The van der Waals surface area contributed by atoms with E-state index >= 15 is 0 Å². The van der Waals surface area contributed by atoms with Crippen LogP contribution >= 0.6 is 0 Å². The normalized spacial score (nSPS) is 16.7. The average Bonchev–Trinajstić information content (AvgIpc) is 2.05. The number of hydrogen-bond donors (Lipinski definition) is 2. The van der Waals surface area contributed by atoms with E-state index in [0.29, 0.717) is 11.6 Å². The molecule has 0 unspecified atom stereocenters. The Morgan fingerprint density at radius 2 is 2.23 bits per heavy atom. The van der Waals surface area contributed by atoms with Gasteiger partial charge in [0.1, 0.15) is 5.75 Å². The molecule has 0 radical (unpaired) electrons. The summed E-state index contributed by atoms with van der Waals surface area (Å²) >= 11 is 0. The van der Waals surface area contributed by atoms with Crippen LogP contribution in [-0.2, 0) is 0 Å². The second-order valence-corrected chi connectivity index (χ2v) is 3.36. The number of nitrogen functional groups attached to an aromatic ring is 1. The third kappa shape index (κ3) is 1.47. The summed E-state index contributed by atoms with van der Waals surface area (Å²) in [5.74, 6) is 1.42. The van der Waals surface area contributed by atoms with E-state index in [9.17, 15) is 0 Å². The molecular formula is C10H14N2O. The molecule has 2 rings (SSSR count). The maximum atomic E-state index is 5.72. The zero-order valence-corrected chi connectivity index (χ0v) is 7.71. The van der Waals surface area contributed by atoms with Gasteiger partial charge >= 0.3 is 0 Å². The highest BCUT2D eigenvalue weighted by Gasteiger charge is 2.19. The van der Waals surface area contributed by atoms with Crippen LogP contribution in [0.3, 0.4) is 0 Å². The molecule has 3 nitrogen and oxygen atoms in total. The summed E-state index contributed by atoms with van der Waals surface area (Å²) in [7, 11) is 1.65. The summed E-state index contributed by atoms with van der Waals surface area (Å²) in [4.78, 5) is 0. The first-order valence-electron chi connectivity index (χ1n) is 4.45. The first-order chi connectivity index (χ1) is 6.31. The van der Waals surface area contributed by atoms with Crippen LogP contribution in [0.15, 0.2) is 18.2 Å². The lowest BCUT2D eigenvalue weighted by molar-refractivity contribution is 0.411. The van der Waals surface area contributed by atoms with Crippen LogP contribution in [0, 0.1) is 0 Å². The number of hydrogen-bond acceptors (Lipinski definition) is 3. The van der Waals surface area contributed by atoms with Gasteiger partial charge in [0.05, 0.1) is 12.8 Å². The topological polar surface area (TPSA) is 47.3 Å². The number of nitrogens with two attached hydrogens (primary N) is 1. The minimum Gasteiger partial charge on any atom is -0.495 e. The van der Waals surface area contributed by atoms with E-state index in [0.717, 1.165) is 18.8 Å². The quantitative estimate of drug-likeness (QED) is 0.663. The van der Waals surface area contributed by atoms with Gasteiger partial charge in [0, 0.05) is 19.0 Å². The van der Waals surface area contributed by atoms with Crippen LogP contribution in [0.5, 0.6) is 5.75 Å². The van der Waals surface area contributed by atoms with Crippen molar-refractivity contribution in [2.24, 2.45) is 0 Å². The molecule has 0 aliphatic carbocycles. The van der Waals surface area contributed by atoms with Crippen molar-refractivity contribution in [1.82, 2.24) is 5.32 Å². The Kier molecular flexibility index (Phi) is 2.10. The van der Waals surface area contributed by atoms with Crippen molar-refractivity contribution in [2.75, 3.05) is 25.9 Å². The van der Waals surface area contributed by atoms with Crippen molar-refractivity contribution in [3.8, 4) is 5.75 Å². The van der Waals surface area contributed by atoms with Crippen molar-refractivity contribution >= 4 is 5.69 Å². The van der Waals surface area contributed by atoms with Crippen molar-refractivity contribution in [1.29, 1.82) is 0 Å². The largest absolute Gasteiger partial charge is 0.495 e. The summed E-state index contributed by atoms with van der Waals surface area (Å²) in [6, 6.07) is 6.01. The second kappa shape index (κ2) is 3.26. The van der Waals surface area contributed by atoms with E-state index in [-0.39, 0.29) is 0 Å². The van der Waals surface area contributed by atoms with E-state index in [1.165, 1.54) is 5.56 Å². The minimum absolute atomic E-state index is 0.634. The molecule has 3 heteroatoms. The fraction of sp³-hybridized carbons (Fsp3) is 0.400.